The van der Waals surface area contributed by atoms with E-state index in [-0.39, 0.29) is 17.9 Å². The molecule has 29 heavy (non-hydrogen) atoms. The molecule has 0 bridgehead atoms. The molecule has 0 aliphatic heterocycles. The summed E-state index contributed by atoms with van der Waals surface area (Å²) in [6.07, 6.45) is 2.98. The van der Waals surface area contributed by atoms with Crippen LogP contribution in [0, 0.1) is 0 Å². The summed E-state index contributed by atoms with van der Waals surface area (Å²) in [6.45, 7) is 0.0197. The Morgan fingerprint density at radius 2 is 1.97 bits per heavy atom. The van der Waals surface area contributed by atoms with Crippen molar-refractivity contribution in [1.29, 1.82) is 0 Å². The summed E-state index contributed by atoms with van der Waals surface area (Å²) < 4.78 is 1.36. The largest absolute Gasteiger partial charge is 0.348 e. The van der Waals surface area contributed by atoms with Gasteiger partial charge in [-0.15, -0.1) is 11.3 Å². The summed E-state index contributed by atoms with van der Waals surface area (Å²) in [4.78, 5) is 38.4. The van der Waals surface area contributed by atoms with Crippen molar-refractivity contribution in [3.63, 3.8) is 0 Å². The monoisotopic (exact) mass is 403 g/mol. The third-order valence-corrected chi connectivity index (χ3v) is 5.32. The first kappa shape index (κ1) is 18.7. The Bertz CT molecular complexity index is 1190. The number of rotatable bonds is 6. The molecule has 0 aliphatic carbocycles. The lowest BCUT2D eigenvalue weighted by Crippen LogP contribution is -2.24. The van der Waals surface area contributed by atoms with Gasteiger partial charge in [0.2, 0.25) is 5.95 Å². The van der Waals surface area contributed by atoms with Gasteiger partial charge in [0.1, 0.15) is 6.33 Å². The number of carbonyl (C=O) groups excluding carboxylic acids is 1. The van der Waals surface area contributed by atoms with Gasteiger partial charge in [-0.1, -0.05) is 30.3 Å². The van der Waals surface area contributed by atoms with Crippen molar-refractivity contribution in [1.82, 2.24) is 19.5 Å². The molecule has 3 heterocycles. The number of benzene rings is 1. The maximum absolute atomic E-state index is 12.6. The lowest BCUT2D eigenvalue weighted by atomic mass is 10.1. The van der Waals surface area contributed by atoms with Crippen LogP contribution in [0.15, 0.2) is 71.2 Å². The summed E-state index contributed by atoms with van der Waals surface area (Å²) >= 11 is 1.65. The van der Waals surface area contributed by atoms with Gasteiger partial charge in [0, 0.05) is 29.8 Å². The number of nitrogens with zero attached hydrogens (tertiary/aromatic N) is 4. The summed E-state index contributed by atoms with van der Waals surface area (Å²) in [5.41, 5.74) is 2.38. The minimum absolute atomic E-state index is 0.0197. The number of hydrogen-bond donors (Lipinski definition) is 1. The Labute approximate surface area is 170 Å². The molecule has 0 amide bonds. The second-order valence-electron chi connectivity index (χ2n) is 6.29. The summed E-state index contributed by atoms with van der Waals surface area (Å²) in [7, 11) is 1.60. The van der Waals surface area contributed by atoms with E-state index < -0.39 is 0 Å². The third kappa shape index (κ3) is 4.12. The fourth-order valence-electron chi connectivity index (χ4n) is 2.80. The molecule has 0 atom stereocenters. The van der Waals surface area contributed by atoms with Crippen LogP contribution >= 0.6 is 11.3 Å². The minimum atomic E-state index is -0.246. The summed E-state index contributed by atoms with van der Waals surface area (Å²) in [6, 6.07) is 14.6. The van der Waals surface area contributed by atoms with Crippen molar-refractivity contribution in [2.45, 2.75) is 0 Å². The zero-order valence-corrected chi connectivity index (χ0v) is 16.4. The van der Waals surface area contributed by atoms with Gasteiger partial charge in [-0.3, -0.25) is 14.2 Å². The van der Waals surface area contributed by atoms with Crippen LogP contribution in [0.2, 0.25) is 0 Å². The van der Waals surface area contributed by atoms with Crippen molar-refractivity contribution in [2.24, 2.45) is 7.05 Å². The highest BCUT2D eigenvalue weighted by atomic mass is 32.1. The Hall–Kier alpha value is -3.65. The lowest BCUT2D eigenvalue weighted by Gasteiger charge is -2.11. The fraction of sp³-hybridized carbons (Fsp3) is 0.0952. The lowest BCUT2D eigenvalue weighted by molar-refractivity contribution is 0.101. The second-order valence-corrected chi connectivity index (χ2v) is 7.24. The van der Waals surface area contributed by atoms with E-state index >= 15 is 0 Å². The molecule has 0 aliphatic rings. The molecular formula is C21H17N5O2S. The first-order valence-corrected chi connectivity index (χ1v) is 9.75. The second kappa shape index (κ2) is 8.15. The van der Waals surface area contributed by atoms with Crippen LogP contribution in [0.3, 0.4) is 0 Å². The van der Waals surface area contributed by atoms with E-state index in [1.165, 1.54) is 17.0 Å². The number of hydrogen-bond acceptors (Lipinski definition) is 7. The average Bonchev–Trinajstić information content (AvgIpc) is 3.30. The molecule has 0 radical (unpaired) electrons. The first-order valence-electron chi connectivity index (χ1n) is 8.87. The molecule has 0 unspecified atom stereocenters. The molecule has 4 aromatic rings. The molecule has 7 nitrogen and oxygen atoms in total. The van der Waals surface area contributed by atoms with Gasteiger partial charge >= 0.3 is 0 Å². The van der Waals surface area contributed by atoms with Gasteiger partial charge in [0.15, 0.2) is 5.78 Å². The van der Waals surface area contributed by atoms with E-state index in [4.69, 9.17) is 0 Å². The maximum Gasteiger partial charge on any atom is 0.255 e. The van der Waals surface area contributed by atoms with Crippen LogP contribution in [0.5, 0.6) is 0 Å². The molecule has 1 aromatic carbocycles. The molecule has 0 saturated carbocycles. The van der Waals surface area contributed by atoms with Crippen molar-refractivity contribution >= 4 is 23.1 Å². The van der Waals surface area contributed by atoms with Crippen LogP contribution in [0.1, 0.15) is 10.4 Å². The minimum Gasteiger partial charge on any atom is -0.348 e. The Morgan fingerprint density at radius 1 is 1.14 bits per heavy atom. The highest BCUT2D eigenvalue weighted by Gasteiger charge is 2.11. The molecule has 0 spiro atoms. The quantitative estimate of drug-likeness (QED) is 0.497. The molecule has 0 fully saturated rings. The van der Waals surface area contributed by atoms with Gasteiger partial charge in [-0.2, -0.15) is 0 Å². The van der Waals surface area contributed by atoms with Crippen molar-refractivity contribution in [3.8, 4) is 21.8 Å². The topological polar surface area (TPSA) is 89.8 Å². The molecule has 4 rings (SSSR count). The number of Topliss-reactive ketones (excluding diaryl/α,β-unsaturated/α-hetero) is 1. The van der Waals surface area contributed by atoms with E-state index in [0.29, 0.717) is 22.9 Å². The average molecular weight is 403 g/mol. The predicted octanol–water partition coefficient (Wildman–Crippen LogP) is 3.26. The molecular weight excluding hydrogens is 386 g/mol. The van der Waals surface area contributed by atoms with E-state index in [9.17, 15) is 9.59 Å². The Morgan fingerprint density at radius 3 is 2.66 bits per heavy atom. The molecule has 3 aromatic heterocycles. The number of carbonyl (C=O) groups is 1. The zero-order valence-electron chi connectivity index (χ0n) is 15.6. The predicted molar refractivity (Wildman–Crippen MR) is 113 cm³/mol. The molecule has 1 N–H and O–H groups in total. The summed E-state index contributed by atoms with van der Waals surface area (Å²) in [5, 5.41) is 4.98. The van der Waals surface area contributed by atoms with Crippen molar-refractivity contribution < 1.29 is 4.79 Å². The van der Waals surface area contributed by atoms with E-state index in [0.717, 1.165) is 10.4 Å². The summed E-state index contributed by atoms with van der Waals surface area (Å²) in [5.74, 6) is 0.207. The van der Waals surface area contributed by atoms with Crippen LogP contribution in [0.4, 0.5) is 5.95 Å². The number of nitrogens with one attached hydrogen (secondary N) is 1. The Kier molecular flexibility index (Phi) is 5.26. The van der Waals surface area contributed by atoms with Crippen LogP contribution < -0.4 is 10.9 Å². The van der Waals surface area contributed by atoms with Crippen molar-refractivity contribution in [3.05, 3.63) is 82.4 Å². The van der Waals surface area contributed by atoms with E-state index in [2.05, 4.69) is 20.3 Å². The van der Waals surface area contributed by atoms with Gasteiger partial charge < -0.3 is 5.32 Å². The van der Waals surface area contributed by atoms with Crippen LogP contribution in [0.25, 0.3) is 21.8 Å². The SMILES string of the molecule is Cn1c(NCC(=O)c2ccc(-c3cccs3)cc2)nc(-c2ccncn2)cc1=O. The zero-order chi connectivity index (χ0) is 20.2. The van der Waals surface area contributed by atoms with Gasteiger partial charge in [-0.25, -0.2) is 15.0 Å². The normalized spacial score (nSPS) is 10.7. The van der Waals surface area contributed by atoms with E-state index in [1.807, 2.05) is 41.8 Å². The highest BCUT2D eigenvalue weighted by Crippen LogP contribution is 2.24. The van der Waals surface area contributed by atoms with E-state index in [1.54, 1.807) is 30.6 Å². The van der Waals surface area contributed by atoms with Crippen molar-refractivity contribution in [2.75, 3.05) is 11.9 Å². The van der Waals surface area contributed by atoms with Gasteiger partial charge in [-0.05, 0) is 23.1 Å². The molecule has 8 heteroatoms. The number of anilines is 1. The van der Waals surface area contributed by atoms with Crippen LogP contribution in [-0.4, -0.2) is 31.8 Å². The molecule has 144 valence electrons. The number of thiophene rings is 1. The highest BCUT2D eigenvalue weighted by molar-refractivity contribution is 7.13. The maximum atomic E-state index is 12.6. The fourth-order valence-corrected chi connectivity index (χ4v) is 3.53. The standard InChI is InChI=1S/C21H17N5O2S/c1-26-20(28)11-17(16-8-9-22-13-24-16)25-21(26)23-12-18(27)14-4-6-15(7-5-14)19-3-2-10-29-19/h2-11,13H,12H2,1H3,(H,23,25). The third-order valence-electron chi connectivity index (χ3n) is 4.40. The van der Waals surface area contributed by atoms with Gasteiger partial charge in [0.25, 0.3) is 5.56 Å². The number of aromatic nitrogens is 4. The van der Waals surface area contributed by atoms with Gasteiger partial charge in [0.05, 0.1) is 17.9 Å². The first-order chi connectivity index (χ1) is 14.1. The molecule has 0 saturated heterocycles. The Balaban J connectivity index is 1.50. The van der Waals surface area contributed by atoms with Crippen LogP contribution in [-0.2, 0) is 7.05 Å². The smallest absolute Gasteiger partial charge is 0.255 e. The number of ketones is 1.